The quantitative estimate of drug-likeness (QED) is 0.818. The lowest BCUT2D eigenvalue weighted by Crippen LogP contribution is -2.35. The Morgan fingerprint density at radius 3 is 2.68 bits per heavy atom. The minimum Gasteiger partial charge on any atom is -0.388 e. The standard InChI is InChI=1S/C12H16F3N3S/c1-2-6-18(8-12(13,14)15)7-9-4-3-5-17-10(9)11(16)19/h3-5H,2,6-8H2,1H3,(H2,16,19). The van der Waals surface area contributed by atoms with Gasteiger partial charge in [0.25, 0.3) is 0 Å². The summed E-state index contributed by atoms with van der Waals surface area (Å²) in [5, 5.41) is 0. The molecule has 0 aliphatic carbocycles. The first-order valence-corrected chi connectivity index (χ1v) is 6.27. The fourth-order valence-corrected chi connectivity index (χ4v) is 2.00. The number of hydrogen-bond acceptors (Lipinski definition) is 3. The Bertz CT molecular complexity index is 434. The number of alkyl halides is 3. The van der Waals surface area contributed by atoms with Crippen LogP contribution in [-0.2, 0) is 6.54 Å². The molecule has 0 bridgehead atoms. The van der Waals surface area contributed by atoms with Crippen molar-refractivity contribution in [1.29, 1.82) is 0 Å². The third-order valence-corrected chi connectivity index (χ3v) is 2.65. The number of thiocarbonyl (C=S) groups is 1. The van der Waals surface area contributed by atoms with Crippen molar-refractivity contribution in [3.63, 3.8) is 0 Å². The molecular weight excluding hydrogens is 275 g/mol. The van der Waals surface area contributed by atoms with E-state index >= 15 is 0 Å². The third-order valence-electron chi connectivity index (χ3n) is 2.46. The van der Waals surface area contributed by atoms with E-state index in [0.717, 1.165) is 0 Å². The second-order valence-electron chi connectivity index (χ2n) is 4.20. The Morgan fingerprint density at radius 2 is 2.16 bits per heavy atom. The Kier molecular flexibility index (Phi) is 5.68. The molecular formula is C12H16F3N3S. The summed E-state index contributed by atoms with van der Waals surface area (Å²) in [4.78, 5) is 5.43. The van der Waals surface area contributed by atoms with Crippen LogP contribution in [0, 0.1) is 0 Å². The van der Waals surface area contributed by atoms with Gasteiger partial charge in [0.2, 0.25) is 0 Å². The van der Waals surface area contributed by atoms with E-state index in [-0.39, 0.29) is 11.5 Å². The molecule has 0 fully saturated rings. The Labute approximate surface area is 115 Å². The van der Waals surface area contributed by atoms with E-state index in [1.54, 1.807) is 12.1 Å². The molecule has 0 aliphatic heterocycles. The van der Waals surface area contributed by atoms with E-state index in [1.807, 2.05) is 6.92 Å². The second kappa shape index (κ2) is 6.81. The highest BCUT2D eigenvalue weighted by molar-refractivity contribution is 7.80. The van der Waals surface area contributed by atoms with Gasteiger partial charge in [-0.05, 0) is 24.6 Å². The lowest BCUT2D eigenvalue weighted by Gasteiger charge is -2.23. The van der Waals surface area contributed by atoms with Gasteiger partial charge in [0.05, 0.1) is 6.54 Å². The average Bonchev–Trinajstić information content (AvgIpc) is 2.27. The van der Waals surface area contributed by atoms with Crippen molar-refractivity contribution in [1.82, 2.24) is 9.88 Å². The van der Waals surface area contributed by atoms with Gasteiger partial charge < -0.3 is 5.73 Å². The van der Waals surface area contributed by atoms with Crippen molar-refractivity contribution in [2.24, 2.45) is 5.73 Å². The predicted molar refractivity (Wildman–Crippen MR) is 71.7 cm³/mol. The molecule has 0 amide bonds. The molecule has 0 spiro atoms. The molecule has 1 aromatic heterocycles. The lowest BCUT2D eigenvalue weighted by molar-refractivity contribution is -0.147. The van der Waals surface area contributed by atoms with Gasteiger partial charge in [-0.3, -0.25) is 9.88 Å². The molecule has 1 heterocycles. The summed E-state index contributed by atoms with van der Waals surface area (Å²) in [5.41, 5.74) is 6.53. The van der Waals surface area contributed by atoms with Gasteiger partial charge >= 0.3 is 6.18 Å². The van der Waals surface area contributed by atoms with E-state index in [0.29, 0.717) is 24.2 Å². The first kappa shape index (κ1) is 15.8. The average molecular weight is 291 g/mol. The van der Waals surface area contributed by atoms with Crippen LogP contribution in [-0.4, -0.2) is 34.1 Å². The number of halogens is 3. The van der Waals surface area contributed by atoms with Gasteiger partial charge in [0, 0.05) is 12.7 Å². The van der Waals surface area contributed by atoms with E-state index in [1.165, 1.54) is 11.1 Å². The first-order valence-electron chi connectivity index (χ1n) is 5.86. The Balaban J connectivity index is 2.87. The number of nitrogens with two attached hydrogens (primary N) is 1. The molecule has 1 rings (SSSR count). The van der Waals surface area contributed by atoms with Gasteiger partial charge in [0.1, 0.15) is 10.7 Å². The van der Waals surface area contributed by atoms with Gasteiger partial charge in [-0.15, -0.1) is 0 Å². The molecule has 0 saturated heterocycles. The van der Waals surface area contributed by atoms with Gasteiger partial charge in [0.15, 0.2) is 0 Å². The zero-order chi connectivity index (χ0) is 14.5. The number of rotatable bonds is 6. The van der Waals surface area contributed by atoms with Crippen molar-refractivity contribution >= 4 is 17.2 Å². The summed E-state index contributed by atoms with van der Waals surface area (Å²) in [6, 6.07) is 3.36. The monoisotopic (exact) mass is 291 g/mol. The summed E-state index contributed by atoms with van der Waals surface area (Å²) in [6.45, 7) is 1.37. The maximum absolute atomic E-state index is 12.5. The largest absolute Gasteiger partial charge is 0.401 e. The van der Waals surface area contributed by atoms with E-state index < -0.39 is 12.7 Å². The maximum atomic E-state index is 12.5. The highest BCUT2D eigenvalue weighted by Gasteiger charge is 2.30. The van der Waals surface area contributed by atoms with E-state index in [2.05, 4.69) is 4.98 Å². The van der Waals surface area contributed by atoms with Crippen molar-refractivity contribution in [2.45, 2.75) is 26.1 Å². The number of aromatic nitrogens is 1. The summed E-state index contributed by atoms with van der Waals surface area (Å²) in [7, 11) is 0. The highest BCUT2D eigenvalue weighted by Crippen LogP contribution is 2.19. The van der Waals surface area contributed by atoms with Crippen molar-refractivity contribution in [2.75, 3.05) is 13.1 Å². The van der Waals surface area contributed by atoms with Crippen LogP contribution in [0.5, 0.6) is 0 Å². The smallest absolute Gasteiger partial charge is 0.388 e. The fourth-order valence-electron chi connectivity index (χ4n) is 1.81. The number of pyridine rings is 1. The predicted octanol–water partition coefficient (Wildman–Crippen LogP) is 2.49. The van der Waals surface area contributed by atoms with Crippen molar-refractivity contribution in [3.05, 3.63) is 29.6 Å². The van der Waals surface area contributed by atoms with Crippen LogP contribution in [0.25, 0.3) is 0 Å². The molecule has 3 nitrogen and oxygen atoms in total. The van der Waals surface area contributed by atoms with Crippen LogP contribution in [0.3, 0.4) is 0 Å². The van der Waals surface area contributed by atoms with Crippen molar-refractivity contribution < 1.29 is 13.2 Å². The second-order valence-corrected chi connectivity index (χ2v) is 4.64. The molecule has 106 valence electrons. The molecule has 2 N–H and O–H groups in total. The van der Waals surface area contributed by atoms with Gasteiger partial charge in [-0.2, -0.15) is 13.2 Å². The molecule has 0 saturated carbocycles. The fraction of sp³-hybridized carbons (Fsp3) is 0.500. The van der Waals surface area contributed by atoms with E-state index in [4.69, 9.17) is 18.0 Å². The summed E-state index contributed by atoms with van der Waals surface area (Å²) in [5.74, 6) is 0. The molecule has 0 aliphatic rings. The molecule has 0 radical (unpaired) electrons. The summed E-state index contributed by atoms with van der Waals surface area (Å²) >= 11 is 4.85. The molecule has 19 heavy (non-hydrogen) atoms. The van der Waals surface area contributed by atoms with Crippen LogP contribution in [0.2, 0.25) is 0 Å². The van der Waals surface area contributed by atoms with Crippen LogP contribution >= 0.6 is 12.2 Å². The van der Waals surface area contributed by atoms with Gasteiger partial charge in [-0.25, -0.2) is 0 Å². The van der Waals surface area contributed by atoms with Crippen LogP contribution in [0.1, 0.15) is 24.6 Å². The zero-order valence-electron chi connectivity index (χ0n) is 10.6. The summed E-state index contributed by atoms with van der Waals surface area (Å²) < 4.78 is 37.4. The SMILES string of the molecule is CCCN(Cc1cccnc1C(N)=S)CC(F)(F)F. The molecule has 0 aromatic carbocycles. The lowest BCUT2D eigenvalue weighted by atomic mass is 10.1. The summed E-state index contributed by atoms with van der Waals surface area (Å²) in [6.07, 6.45) is -2.06. The van der Waals surface area contributed by atoms with Crippen molar-refractivity contribution in [3.8, 4) is 0 Å². The maximum Gasteiger partial charge on any atom is 0.401 e. The molecule has 7 heteroatoms. The third kappa shape index (κ3) is 5.52. The topological polar surface area (TPSA) is 42.2 Å². The Morgan fingerprint density at radius 1 is 1.47 bits per heavy atom. The van der Waals surface area contributed by atoms with Crippen LogP contribution < -0.4 is 5.73 Å². The molecule has 1 aromatic rings. The van der Waals surface area contributed by atoms with E-state index in [9.17, 15) is 13.2 Å². The molecule has 0 atom stereocenters. The zero-order valence-corrected chi connectivity index (χ0v) is 11.4. The number of nitrogens with zero attached hydrogens (tertiary/aromatic N) is 2. The first-order chi connectivity index (χ1) is 8.83. The Hall–Kier alpha value is -1.21. The minimum atomic E-state index is -4.22. The normalized spacial score (nSPS) is 11.8. The number of hydrogen-bond donors (Lipinski definition) is 1. The van der Waals surface area contributed by atoms with Crippen LogP contribution in [0.4, 0.5) is 13.2 Å². The van der Waals surface area contributed by atoms with Gasteiger partial charge in [-0.1, -0.05) is 25.2 Å². The minimum absolute atomic E-state index is 0.0963. The van der Waals surface area contributed by atoms with Crippen LogP contribution in [0.15, 0.2) is 18.3 Å². The molecule has 0 unspecified atom stereocenters. The highest BCUT2D eigenvalue weighted by atomic mass is 32.1.